The second kappa shape index (κ2) is 3.70. The Kier molecular flexibility index (Phi) is 2.44. The number of fused-ring (bicyclic) bond motifs is 3. The molecule has 0 saturated heterocycles. The first-order valence-electron chi connectivity index (χ1n) is 5.25. The lowest BCUT2D eigenvalue weighted by atomic mass is 10.1. The molecule has 0 nitrogen and oxygen atoms in total. The molecule has 1 aromatic heterocycles. The minimum Gasteiger partial charge on any atom is -0.135 e. The largest absolute Gasteiger partial charge is 0.135 e. The predicted molar refractivity (Wildman–Crippen MR) is 82.3 cm³/mol. The summed E-state index contributed by atoms with van der Waals surface area (Å²) in [4.78, 5) is 1.37. The smallest absolute Gasteiger partial charge is 0.0559 e. The van der Waals surface area contributed by atoms with Crippen LogP contribution in [-0.4, -0.2) is 3.42 Å². The quantitative estimate of drug-likeness (QED) is 0.461. The van der Waals surface area contributed by atoms with Crippen LogP contribution in [0.3, 0.4) is 0 Å². The standard InChI is InChI=1S/C14H11IS/c1-14(15)8-6-11-10-4-2-3-5-12(10)16-13(11)7-9-14/h2-9H,1H3. The van der Waals surface area contributed by atoms with Crippen molar-refractivity contribution in [3.05, 3.63) is 46.9 Å². The Hall–Kier alpha value is -0.610. The van der Waals surface area contributed by atoms with Crippen molar-refractivity contribution in [3.63, 3.8) is 0 Å². The first kappa shape index (κ1) is 10.5. The van der Waals surface area contributed by atoms with Gasteiger partial charge in [-0.15, -0.1) is 11.3 Å². The molecule has 0 spiro atoms. The van der Waals surface area contributed by atoms with Crippen LogP contribution in [0.25, 0.3) is 22.2 Å². The van der Waals surface area contributed by atoms with Gasteiger partial charge in [-0.3, -0.25) is 0 Å². The zero-order valence-corrected chi connectivity index (χ0v) is 11.9. The molecular formula is C14H11IS. The SMILES string of the molecule is CC1(I)C=Cc2sc3ccccc3c2C=C1. The molecule has 1 aliphatic carbocycles. The van der Waals surface area contributed by atoms with Gasteiger partial charge in [-0.2, -0.15) is 0 Å². The van der Waals surface area contributed by atoms with Gasteiger partial charge < -0.3 is 0 Å². The fraction of sp³-hybridized carbons (Fsp3) is 0.143. The summed E-state index contributed by atoms with van der Waals surface area (Å²) in [5.41, 5.74) is 1.37. The van der Waals surface area contributed by atoms with Crippen LogP contribution >= 0.6 is 33.9 Å². The number of benzene rings is 1. The van der Waals surface area contributed by atoms with Crippen molar-refractivity contribution in [2.45, 2.75) is 10.3 Å². The fourth-order valence-electron chi connectivity index (χ4n) is 1.92. The first-order chi connectivity index (χ1) is 7.66. The normalized spacial score (nSPS) is 23.4. The maximum Gasteiger partial charge on any atom is 0.0559 e. The molecule has 0 saturated carbocycles. The van der Waals surface area contributed by atoms with Crippen LogP contribution in [0.15, 0.2) is 36.4 Å². The second-order valence-electron chi connectivity index (χ2n) is 4.19. The van der Waals surface area contributed by atoms with E-state index in [9.17, 15) is 0 Å². The summed E-state index contributed by atoms with van der Waals surface area (Å²) in [6, 6.07) is 8.62. The number of thiophene rings is 1. The summed E-state index contributed by atoms with van der Waals surface area (Å²) >= 11 is 4.34. The Bertz CT molecular complexity index is 602. The monoisotopic (exact) mass is 338 g/mol. The number of hydrogen-bond acceptors (Lipinski definition) is 1. The van der Waals surface area contributed by atoms with E-state index in [1.54, 1.807) is 0 Å². The summed E-state index contributed by atoms with van der Waals surface area (Å²) in [7, 11) is 0. The van der Waals surface area contributed by atoms with Crippen LogP contribution in [0.4, 0.5) is 0 Å². The zero-order valence-electron chi connectivity index (χ0n) is 8.91. The predicted octanol–water partition coefficient (Wildman–Crippen LogP) is 5.14. The van der Waals surface area contributed by atoms with Crippen LogP contribution < -0.4 is 0 Å². The Morgan fingerprint density at radius 1 is 1.12 bits per heavy atom. The molecule has 2 heteroatoms. The number of halogens is 1. The van der Waals surface area contributed by atoms with E-state index in [4.69, 9.17) is 0 Å². The summed E-state index contributed by atoms with van der Waals surface area (Å²) in [5, 5.41) is 1.37. The van der Waals surface area contributed by atoms with E-state index in [0.717, 1.165) is 0 Å². The highest BCUT2D eigenvalue weighted by atomic mass is 127. The lowest BCUT2D eigenvalue weighted by Crippen LogP contribution is -2.04. The van der Waals surface area contributed by atoms with Crippen molar-refractivity contribution >= 4 is 56.2 Å². The fourth-order valence-corrected chi connectivity index (χ4v) is 3.38. The highest BCUT2D eigenvalue weighted by molar-refractivity contribution is 14.1. The minimum absolute atomic E-state index is 0.137. The van der Waals surface area contributed by atoms with Crippen molar-refractivity contribution < 1.29 is 0 Å². The molecule has 80 valence electrons. The highest BCUT2D eigenvalue weighted by Gasteiger charge is 2.16. The molecule has 3 rings (SSSR count). The van der Waals surface area contributed by atoms with Gasteiger partial charge in [0.05, 0.1) is 3.42 Å². The van der Waals surface area contributed by atoms with E-state index in [1.807, 2.05) is 11.3 Å². The molecule has 1 aromatic carbocycles. The molecular weight excluding hydrogens is 327 g/mol. The van der Waals surface area contributed by atoms with Crippen LogP contribution in [0.5, 0.6) is 0 Å². The number of allylic oxidation sites excluding steroid dienone is 2. The van der Waals surface area contributed by atoms with Gasteiger partial charge >= 0.3 is 0 Å². The highest BCUT2D eigenvalue weighted by Crippen LogP contribution is 2.37. The Morgan fingerprint density at radius 3 is 2.75 bits per heavy atom. The molecule has 1 aliphatic rings. The maximum absolute atomic E-state index is 2.47. The molecule has 0 radical (unpaired) electrons. The average Bonchev–Trinajstić information content (AvgIpc) is 2.54. The van der Waals surface area contributed by atoms with Crippen molar-refractivity contribution in [1.82, 2.24) is 0 Å². The zero-order chi connectivity index (χ0) is 11.2. The molecule has 1 atom stereocenters. The third-order valence-electron chi connectivity index (χ3n) is 2.80. The van der Waals surface area contributed by atoms with Gasteiger partial charge in [0, 0.05) is 20.5 Å². The average molecular weight is 338 g/mol. The molecule has 16 heavy (non-hydrogen) atoms. The van der Waals surface area contributed by atoms with Crippen molar-refractivity contribution in [1.29, 1.82) is 0 Å². The summed E-state index contributed by atoms with van der Waals surface area (Å²) in [5.74, 6) is 0. The van der Waals surface area contributed by atoms with Gasteiger partial charge in [0.2, 0.25) is 0 Å². The van der Waals surface area contributed by atoms with Crippen LogP contribution in [0.1, 0.15) is 17.4 Å². The van der Waals surface area contributed by atoms with Gasteiger partial charge in [0.25, 0.3) is 0 Å². The second-order valence-corrected chi connectivity index (χ2v) is 7.60. The lowest BCUT2D eigenvalue weighted by molar-refractivity contribution is 1.07. The van der Waals surface area contributed by atoms with Crippen LogP contribution in [0.2, 0.25) is 0 Å². The molecule has 0 bridgehead atoms. The number of hydrogen-bond donors (Lipinski definition) is 0. The van der Waals surface area contributed by atoms with Gasteiger partial charge in [0.15, 0.2) is 0 Å². The van der Waals surface area contributed by atoms with Gasteiger partial charge in [0.1, 0.15) is 0 Å². The minimum atomic E-state index is 0.137. The van der Waals surface area contributed by atoms with E-state index >= 15 is 0 Å². The van der Waals surface area contributed by atoms with Crippen molar-refractivity contribution in [2.75, 3.05) is 0 Å². The van der Waals surface area contributed by atoms with Gasteiger partial charge in [-0.05, 0) is 19.1 Å². The molecule has 0 amide bonds. The molecule has 0 N–H and O–H groups in total. The van der Waals surface area contributed by atoms with E-state index in [0.29, 0.717) is 0 Å². The van der Waals surface area contributed by atoms with Crippen LogP contribution in [0, 0.1) is 0 Å². The maximum atomic E-state index is 2.47. The van der Waals surface area contributed by atoms with E-state index in [-0.39, 0.29) is 3.42 Å². The molecule has 0 fully saturated rings. The van der Waals surface area contributed by atoms with E-state index < -0.39 is 0 Å². The summed E-state index contributed by atoms with van der Waals surface area (Å²) in [6.07, 6.45) is 9.06. The lowest BCUT2D eigenvalue weighted by Gasteiger charge is -2.09. The van der Waals surface area contributed by atoms with E-state index in [2.05, 4.69) is 78.1 Å². The summed E-state index contributed by atoms with van der Waals surface area (Å²) in [6.45, 7) is 2.22. The topological polar surface area (TPSA) is 0 Å². The van der Waals surface area contributed by atoms with Gasteiger partial charge in [-0.1, -0.05) is 59.0 Å². The summed E-state index contributed by atoms with van der Waals surface area (Å²) < 4.78 is 1.51. The Morgan fingerprint density at radius 2 is 1.88 bits per heavy atom. The third kappa shape index (κ3) is 1.74. The van der Waals surface area contributed by atoms with E-state index in [1.165, 1.54) is 20.5 Å². The molecule has 0 aliphatic heterocycles. The Balaban J connectivity index is 2.30. The molecule has 2 aromatic rings. The number of rotatable bonds is 0. The first-order valence-corrected chi connectivity index (χ1v) is 7.14. The number of alkyl halides is 1. The molecule has 1 unspecified atom stereocenters. The Labute approximate surface area is 113 Å². The molecule has 1 heterocycles. The van der Waals surface area contributed by atoms with Crippen LogP contribution in [-0.2, 0) is 0 Å². The van der Waals surface area contributed by atoms with Gasteiger partial charge in [-0.25, -0.2) is 0 Å². The van der Waals surface area contributed by atoms with Crippen molar-refractivity contribution in [3.8, 4) is 0 Å². The third-order valence-corrected chi connectivity index (χ3v) is 4.67. The van der Waals surface area contributed by atoms with Crippen molar-refractivity contribution in [2.24, 2.45) is 0 Å².